The first-order chi connectivity index (χ1) is 8.77. The van der Waals surface area contributed by atoms with Gasteiger partial charge in [0.2, 0.25) is 0 Å². The highest BCUT2D eigenvalue weighted by atomic mass is 35.5. The van der Waals surface area contributed by atoms with Crippen LogP contribution in [0.5, 0.6) is 5.75 Å². The number of aromatic nitrogens is 1. The maximum absolute atomic E-state index is 12.5. The molecule has 0 N–H and O–H groups in total. The van der Waals surface area contributed by atoms with Crippen LogP contribution in [-0.4, -0.2) is 41.4 Å². The molecule has 18 heavy (non-hydrogen) atoms. The Bertz CT molecular complexity index is 421. The van der Waals surface area contributed by atoms with Gasteiger partial charge < -0.3 is 9.64 Å². The van der Waals surface area contributed by atoms with Crippen molar-refractivity contribution in [2.75, 3.05) is 19.5 Å². The number of carbonyl (C=O) groups excluding carboxylic acids is 1. The fourth-order valence-corrected chi connectivity index (χ4v) is 2.30. The molecule has 1 heterocycles. The van der Waals surface area contributed by atoms with Crippen LogP contribution in [-0.2, 0) is 0 Å². The van der Waals surface area contributed by atoms with E-state index in [1.165, 1.54) is 6.42 Å². The molecular formula is C13H17ClN2O2. The third-order valence-electron chi connectivity index (χ3n) is 3.34. The van der Waals surface area contributed by atoms with Crippen molar-refractivity contribution in [3.63, 3.8) is 0 Å². The van der Waals surface area contributed by atoms with Gasteiger partial charge in [0.25, 0.3) is 5.91 Å². The highest BCUT2D eigenvalue weighted by molar-refractivity contribution is 6.18. The second-order valence-corrected chi connectivity index (χ2v) is 4.73. The lowest BCUT2D eigenvalue weighted by Crippen LogP contribution is -2.45. The molecule has 1 aliphatic rings. The summed E-state index contributed by atoms with van der Waals surface area (Å²) in [7, 11) is 1.54. The number of alkyl halides is 1. The van der Waals surface area contributed by atoms with Crippen molar-refractivity contribution in [2.45, 2.75) is 25.3 Å². The van der Waals surface area contributed by atoms with Gasteiger partial charge in [0.15, 0.2) is 0 Å². The number of carbonyl (C=O) groups is 1. The molecule has 5 heteroatoms. The molecule has 0 spiro atoms. The molecule has 0 radical (unpaired) electrons. The van der Waals surface area contributed by atoms with E-state index < -0.39 is 0 Å². The molecule has 0 aromatic carbocycles. The van der Waals surface area contributed by atoms with E-state index in [9.17, 15) is 4.79 Å². The van der Waals surface area contributed by atoms with E-state index in [-0.39, 0.29) is 5.91 Å². The molecule has 0 bridgehead atoms. The van der Waals surface area contributed by atoms with E-state index in [1.807, 2.05) is 4.90 Å². The standard InChI is InChI=1S/C13H17ClN2O2/c1-18-12-9-15-7-5-11(12)13(17)16(8-6-14)10-3-2-4-10/h5,7,9-10H,2-4,6,8H2,1H3. The summed E-state index contributed by atoms with van der Waals surface area (Å²) in [5.41, 5.74) is 0.560. The zero-order valence-electron chi connectivity index (χ0n) is 10.4. The predicted octanol–water partition coefficient (Wildman–Crippen LogP) is 2.32. The van der Waals surface area contributed by atoms with Crippen LogP contribution in [0.15, 0.2) is 18.5 Å². The fourth-order valence-electron chi connectivity index (χ4n) is 2.11. The van der Waals surface area contributed by atoms with E-state index >= 15 is 0 Å². The summed E-state index contributed by atoms with van der Waals surface area (Å²) < 4.78 is 5.18. The lowest BCUT2D eigenvalue weighted by molar-refractivity contribution is 0.0594. The number of nitrogens with zero attached hydrogens (tertiary/aromatic N) is 2. The lowest BCUT2D eigenvalue weighted by Gasteiger charge is -2.37. The number of halogens is 1. The quantitative estimate of drug-likeness (QED) is 0.770. The number of pyridine rings is 1. The zero-order valence-corrected chi connectivity index (χ0v) is 11.2. The van der Waals surface area contributed by atoms with Gasteiger partial charge in [-0.25, -0.2) is 0 Å². The molecule has 0 saturated heterocycles. The molecule has 1 saturated carbocycles. The van der Waals surface area contributed by atoms with Gasteiger partial charge in [-0.2, -0.15) is 0 Å². The van der Waals surface area contributed by atoms with E-state index in [4.69, 9.17) is 16.3 Å². The Hall–Kier alpha value is -1.29. The Morgan fingerprint density at radius 3 is 2.94 bits per heavy atom. The number of rotatable bonds is 5. The minimum absolute atomic E-state index is 0.0143. The largest absolute Gasteiger partial charge is 0.494 e. The van der Waals surface area contributed by atoms with Crippen LogP contribution < -0.4 is 4.74 Å². The molecular weight excluding hydrogens is 252 g/mol. The van der Waals surface area contributed by atoms with E-state index in [1.54, 1.807) is 25.6 Å². The Morgan fingerprint density at radius 2 is 2.39 bits per heavy atom. The molecule has 98 valence electrons. The third kappa shape index (κ3) is 2.58. The highest BCUT2D eigenvalue weighted by Gasteiger charge is 2.30. The van der Waals surface area contributed by atoms with E-state index in [0.29, 0.717) is 29.8 Å². The van der Waals surface area contributed by atoms with Gasteiger partial charge in [-0.1, -0.05) is 0 Å². The average molecular weight is 269 g/mol. The van der Waals surface area contributed by atoms with Gasteiger partial charge >= 0.3 is 0 Å². The van der Waals surface area contributed by atoms with Crippen molar-refractivity contribution in [3.05, 3.63) is 24.0 Å². The van der Waals surface area contributed by atoms with Crippen molar-refractivity contribution in [1.29, 1.82) is 0 Å². The predicted molar refractivity (Wildman–Crippen MR) is 70.2 cm³/mol. The minimum atomic E-state index is -0.0143. The van der Waals surface area contributed by atoms with Crippen LogP contribution in [0.2, 0.25) is 0 Å². The molecule has 4 nitrogen and oxygen atoms in total. The van der Waals surface area contributed by atoms with Crippen LogP contribution in [0.4, 0.5) is 0 Å². The van der Waals surface area contributed by atoms with Gasteiger partial charge in [0.1, 0.15) is 5.75 Å². The van der Waals surface area contributed by atoms with E-state index in [2.05, 4.69) is 4.98 Å². The van der Waals surface area contributed by atoms with Crippen LogP contribution in [0.25, 0.3) is 0 Å². The molecule has 1 aromatic heterocycles. The molecule has 1 aromatic rings. The zero-order chi connectivity index (χ0) is 13.0. The maximum atomic E-state index is 12.5. The van der Waals surface area contributed by atoms with Gasteiger partial charge in [0.05, 0.1) is 18.9 Å². The first kappa shape index (κ1) is 13.1. The number of hydrogen-bond donors (Lipinski definition) is 0. The second kappa shape index (κ2) is 6.05. The molecule has 0 aliphatic heterocycles. The highest BCUT2D eigenvalue weighted by Crippen LogP contribution is 2.28. The number of hydrogen-bond acceptors (Lipinski definition) is 3. The number of methoxy groups -OCH3 is 1. The molecule has 2 rings (SSSR count). The first-order valence-electron chi connectivity index (χ1n) is 6.13. The maximum Gasteiger partial charge on any atom is 0.258 e. The molecule has 1 aliphatic carbocycles. The molecule has 1 fully saturated rings. The fraction of sp³-hybridized carbons (Fsp3) is 0.538. The van der Waals surface area contributed by atoms with E-state index in [0.717, 1.165) is 12.8 Å². The molecule has 1 amide bonds. The van der Waals surface area contributed by atoms with Crippen molar-refractivity contribution in [2.24, 2.45) is 0 Å². The monoisotopic (exact) mass is 268 g/mol. The normalized spacial score (nSPS) is 15.0. The average Bonchev–Trinajstić information content (AvgIpc) is 2.35. The van der Waals surface area contributed by atoms with Gasteiger partial charge in [-0.3, -0.25) is 9.78 Å². The third-order valence-corrected chi connectivity index (χ3v) is 3.51. The van der Waals surface area contributed by atoms with Crippen molar-refractivity contribution in [3.8, 4) is 5.75 Å². The summed E-state index contributed by atoms with van der Waals surface area (Å²) in [6, 6.07) is 2.02. The SMILES string of the molecule is COc1cnccc1C(=O)N(CCCl)C1CCC1. The van der Waals surface area contributed by atoms with Crippen LogP contribution in [0, 0.1) is 0 Å². The topological polar surface area (TPSA) is 42.4 Å². The summed E-state index contributed by atoms with van der Waals surface area (Å²) >= 11 is 5.79. The lowest BCUT2D eigenvalue weighted by atomic mass is 9.91. The molecule has 0 unspecified atom stereocenters. The Morgan fingerprint density at radius 1 is 1.61 bits per heavy atom. The minimum Gasteiger partial charge on any atom is -0.494 e. The van der Waals surface area contributed by atoms with Crippen LogP contribution in [0.3, 0.4) is 0 Å². The smallest absolute Gasteiger partial charge is 0.258 e. The van der Waals surface area contributed by atoms with Crippen LogP contribution >= 0.6 is 11.6 Å². The summed E-state index contributed by atoms with van der Waals surface area (Å²) in [5, 5.41) is 0. The number of amides is 1. The Kier molecular flexibility index (Phi) is 4.42. The molecule has 0 atom stereocenters. The summed E-state index contributed by atoms with van der Waals surface area (Å²) in [5.74, 6) is 0.955. The van der Waals surface area contributed by atoms with Gasteiger partial charge in [-0.15, -0.1) is 11.6 Å². The van der Waals surface area contributed by atoms with Gasteiger partial charge in [0, 0.05) is 24.7 Å². The summed E-state index contributed by atoms with van der Waals surface area (Å²) in [4.78, 5) is 18.3. The number of ether oxygens (including phenoxy) is 1. The van der Waals surface area contributed by atoms with Crippen LogP contribution in [0.1, 0.15) is 29.6 Å². The summed E-state index contributed by atoms with van der Waals surface area (Å²) in [6.45, 7) is 0.580. The summed E-state index contributed by atoms with van der Waals surface area (Å²) in [6.07, 6.45) is 6.48. The van der Waals surface area contributed by atoms with Crippen molar-refractivity contribution >= 4 is 17.5 Å². The Balaban J connectivity index is 2.21. The van der Waals surface area contributed by atoms with Crippen molar-refractivity contribution in [1.82, 2.24) is 9.88 Å². The Labute approximate surface area is 112 Å². The second-order valence-electron chi connectivity index (χ2n) is 4.35. The first-order valence-corrected chi connectivity index (χ1v) is 6.66. The van der Waals surface area contributed by atoms with Gasteiger partial charge in [-0.05, 0) is 25.3 Å². The van der Waals surface area contributed by atoms with Crippen molar-refractivity contribution < 1.29 is 9.53 Å².